The van der Waals surface area contributed by atoms with Crippen LogP contribution in [0.2, 0.25) is 5.02 Å². The summed E-state index contributed by atoms with van der Waals surface area (Å²) in [6.07, 6.45) is -4.26. The molecule has 1 atom stereocenters. The standard InChI is InChI=1S/C18H16ClF3N2O4/c1-11-8-12(2-4-16(11)28-18(20,21)22)23-7-6-14(10-23)27-17-5-3-13(24(25)26)9-15(17)19/h2-5,8-9,14H,6-7,10H2,1H3. The van der Waals surface area contributed by atoms with E-state index in [0.29, 0.717) is 30.8 Å². The zero-order valence-electron chi connectivity index (χ0n) is 14.7. The minimum absolute atomic E-state index is 0.123. The molecule has 10 heteroatoms. The van der Waals surface area contributed by atoms with Crippen LogP contribution in [0.5, 0.6) is 11.5 Å². The number of hydrogen-bond donors (Lipinski definition) is 0. The number of nitro benzene ring substituents is 1. The molecule has 1 aliphatic heterocycles. The van der Waals surface area contributed by atoms with Crippen LogP contribution in [0.15, 0.2) is 36.4 Å². The molecule has 0 radical (unpaired) electrons. The topological polar surface area (TPSA) is 64.8 Å². The maximum absolute atomic E-state index is 12.4. The summed E-state index contributed by atoms with van der Waals surface area (Å²) in [5.41, 5.74) is 1.01. The van der Waals surface area contributed by atoms with Gasteiger partial charge in [0.2, 0.25) is 0 Å². The van der Waals surface area contributed by atoms with Crippen LogP contribution >= 0.6 is 11.6 Å². The molecule has 1 aliphatic rings. The average Bonchev–Trinajstić information content (AvgIpc) is 3.06. The van der Waals surface area contributed by atoms with Gasteiger partial charge in [0.05, 0.1) is 16.5 Å². The van der Waals surface area contributed by atoms with Crippen molar-refractivity contribution in [3.05, 3.63) is 57.1 Å². The minimum Gasteiger partial charge on any atom is -0.487 e. The molecule has 3 rings (SSSR count). The number of anilines is 1. The van der Waals surface area contributed by atoms with Crippen molar-refractivity contribution in [2.75, 3.05) is 18.0 Å². The fraction of sp³-hybridized carbons (Fsp3) is 0.333. The number of nitrogens with zero attached hydrogens (tertiary/aromatic N) is 2. The molecule has 0 spiro atoms. The molecule has 2 aromatic rings. The number of nitro groups is 1. The van der Waals surface area contributed by atoms with Gasteiger partial charge in [0, 0.05) is 30.8 Å². The van der Waals surface area contributed by atoms with E-state index in [2.05, 4.69) is 4.74 Å². The molecule has 1 unspecified atom stereocenters. The fourth-order valence-electron chi connectivity index (χ4n) is 3.01. The highest BCUT2D eigenvalue weighted by molar-refractivity contribution is 6.32. The smallest absolute Gasteiger partial charge is 0.487 e. The Kier molecular flexibility index (Phi) is 5.55. The van der Waals surface area contributed by atoms with Crippen LogP contribution in [0.4, 0.5) is 24.5 Å². The molecule has 6 nitrogen and oxygen atoms in total. The SMILES string of the molecule is Cc1cc(N2CCC(Oc3ccc([N+](=O)[O-])cc3Cl)C2)ccc1OC(F)(F)F. The molecule has 2 aromatic carbocycles. The Hall–Kier alpha value is -2.68. The monoisotopic (exact) mass is 416 g/mol. The van der Waals surface area contributed by atoms with Crippen molar-refractivity contribution >= 4 is 23.0 Å². The number of halogens is 4. The van der Waals surface area contributed by atoms with Gasteiger partial charge >= 0.3 is 6.36 Å². The van der Waals surface area contributed by atoms with Crippen molar-refractivity contribution in [2.24, 2.45) is 0 Å². The van der Waals surface area contributed by atoms with Gasteiger partial charge in [-0.1, -0.05) is 11.6 Å². The molecule has 0 saturated carbocycles. The molecule has 0 N–H and O–H groups in total. The van der Waals surface area contributed by atoms with E-state index in [1.807, 2.05) is 4.90 Å². The maximum atomic E-state index is 12.4. The van der Waals surface area contributed by atoms with Crippen molar-refractivity contribution < 1.29 is 27.6 Å². The zero-order valence-corrected chi connectivity index (χ0v) is 15.5. The second-order valence-corrected chi connectivity index (χ2v) is 6.75. The first kappa shape index (κ1) is 20.1. The van der Waals surface area contributed by atoms with Crippen LogP contribution in [-0.2, 0) is 0 Å². The molecular formula is C18H16ClF3N2O4. The van der Waals surface area contributed by atoms with Crippen LogP contribution in [-0.4, -0.2) is 30.5 Å². The number of benzene rings is 2. The third-order valence-electron chi connectivity index (χ3n) is 4.31. The molecule has 0 aromatic heterocycles. The van der Waals surface area contributed by atoms with Crippen molar-refractivity contribution in [3.8, 4) is 11.5 Å². The number of rotatable bonds is 5. The van der Waals surface area contributed by atoms with Crippen molar-refractivity contribution in [1.29, 1.82) is 0 Å². The Balaban J connectivity index is 1.65. The highest BCUT2D eigenvalue weighted by Crippen LogP contribution is 2.33. The summed E-state index contributed by atoms with van der Waals surface area (Å²) in [5, 5.41) is 10.9. The highest BCUT2D eigenvalue weighted by Gasteiger charge is 2.32. The molecule has 28 heavy (non-hydrogen) atoms. The summed E-state index contributed by atoms with van der Waals surface area (Å²) < 4.78 is 47.0. The number of ether oxygens (including phenoxy) is 2. The van der Waals surface area contributed by atoms with Gasteiger partial charge in [-0.05, 0) is 36.8 Å². The Labute approximate surface area is 163 Å². The first-order chi connectivity index (χ1) is 13.1. The van der Waals surface area contributed by atoms with E-state index in [0.717, 1.165) is 5.69 Å². The molecule has 0 amide bonds. The minimum atomic E-state index is -4.73. The average molecular weight is 417 g/mol. The third-order valence-corrected chi connectivity index (χ3v) is 4.61. The first-order valence-electron chi connectivity index (χ1n) is 8.34. The molecule has 1 saturated heterocycles. The largest absolute Gasteiger partial charge is 0.573 e. The predicted molar refractivity (Wildman–Crippen MR) is 97.2 cm³/mol. The van der Waals surface area contributed by atoms with Crippen molar-refractivity contribution in [3.63, 3.8) is 0 Å². The molecule has 0 bridgehead atoms. The van der Waals surface area contributed by atoms with Gasteiger partial charge in [-0.2, -0.15) is 0 Å². The van der Waals surface area contributed by atoms with Gasteiger partial charge in [-0.25, -0.2) is 0 Å². The van der Waals surface area contributed by atoms with E-state index in [1.165, 1.54) is 24.3 Å². The lowest BCUT2D eigenvalue weighted by molar-refractivity contribution is -0.384. The summed E-state index contributed by atoms with van der Waals surface area (Å²) in [6, 6.07) is 8.48. The molecule has 150 valence electrons. The molecular weight excluding hydrogens is 401 g/mol. The van der Waals surface area contributed by atoms with Crippen LogP contribution in [0, 0.1) is 17.0 Å². The van der Waals surface area contributed by atoms with E-state index in [1.54, 1.807) is 19.1 Å². The third kappa shape index (κ3) is 4.78. The summed E-state index contributed by atoms with van der Waals surface area (Å²) in [4.78, 5) is 12.2. The van der Waals surface area contributed by atoms with Crippen LogP contribution in [0.3, 0.4) is 0 Å². The van der Waals surface area contributed by atoms with Crippen LogP contribution in [0.25, 0.3) is 0 Å². The maximum Gasteiger partial charge on any atom is 0.573 e. The van der Waals surface area contributed by atoms with Gasteiger partial charge in [0.15, 0.2) is 0 Å². The lowest BCUT2D eigenvalue weighted by Gasteiger charge is -2.21. The van der Waals surface area contributed by atoms with E-state index < -0.39 is 11.3 Å². The predicted octanol–water partition coefficient (Wildman–Crippen LogP) is 5.11. The van der Waals surface area contributed by atoms with E-state index in [4.69, 9.17) is 16.3 Å². The zero-order chi connectivity index (χ0) is 20.5. The lowest BCUT2D eigenvalue weighted by atomic mass is 10.2. The van der Waals surface area contributed by atoms with Gasteiger partial charge in [0.1, 0.15) is 17.6 Å². The highest BCUT2D eigenvalue weighted by atomic mass is 35.5. The number of alkyl halides is 3. The summed E-state index contributed by atoms with van der Waals surface area (Å²) in [5.74, 6) is 0.116. The van der Waals surface area contributed by atoms with Gasteiger partial charge in [-0.3, -0.25) is 10.1 Å². The Morgan fingerprint density at radius 2 is 1.93 bits per heavy atom. The molecule has 1 heterocycles. The second-order valence-electron chi connectivity index (χ2n) is 6.34. The second kappa shape index (κ2) is 7.75. The van der Waals surface area contributed by atoms with Gasteiger partial charge in [-0.15, -0.1) is 13.2 Å². The fourth-order valence-corrected chi connectivity index (χ4v) is 3.23. The molecule has 1 fully saturated rings. The first-order valence-corrected chi connectivity index (χ1v) is 8.72. The van der Waals surface area contributed by atoms with Gasteiger partial charge in [0.25, 0.3) is 5.69 Å². The number of non-ortho nitro benzene ring substituents is 1. The van der Waals surface area contributed by atoms with Crippen LogP contribution < -0.4 is 14.4 Å². The van der Waals surface area contributed by atoms with E-state index >= 15 is 0 Å². The van der Waals surface area contributed by atoms with Crippen molar-refractivity contribution in [1.82, 2.24) is 0 Å². The van der Waals surface area contributed by atoms with E-state index in [-0.39, 0.29) is 22.6 Å². The number of aryl methyl sites for hydroxylation is 1. The van der Waals surface area contributed by atoms with E-state index in [9.17, 15) is 23.3 Å². The van der Waals surface area contributed by atoms with Gasteiger partial charge < -0.3 is 14.4 Å². The number of hydrogen-bond acceptors (Lipinski definition) is 5. The summed E-state index contributed by atoms with van der Waals surface area (Å²) in [7, 11) is 0. The Bertz CT molecular complexity index is 892. The normalized spacial score (nSPS) is 16.9. The summed E-state index contributed by atoms with van der Waals surface area (Å²) in [6.45, 7) is 2.70. The Morgan fingerprint density at radius 3 is 2.54 bits per heavy atom. The summed E-state index contributed by atoms with van der Waals surface area (Å²) >= 11 is 6.05. The van der Waals surface area contributed by atoms with Crippen LogP contribution in [0.1, 0.15) is 12.0 Å². The lowest BCUT2D eigenvalue weighted by Crippen LogP contribution is -2.24. The molecule has 0 aliphatic carbocycles. The van der Waals surface area contributed by atoms with Crippen molar-refractivity contribution in [2.45, 2.75) is 25.8 Å². The quantitative estimate of drug-likeness (QED) is 0.500. The Morgan fingerprint density at radius 1 is 1.21 bits per heavy atom.